The van der Waals surface area contributed by atoms with Crippen LogP contribution in [-0.2, 0) is 9.53 Å². The van der Waals surface area contributed by atoms with Gasteiger partial charge in [-0.3, -0.25) is 0 Å². The third kappa shape index (κ3) is 1.64. The fourth-order valence-corrected chi connectivity index (χ4v) is 2.38. The lowest BCUT2D eigenvalue weighted by Crippen LogP contribution is -2.44. The molecule has 6 heteroatoms. The number of hydrogen-bond donors (Lipinski definition) is 2. The zero-order valence-corrected chi connectivity index (χ0v) is 9.95. The molecular weight excluding hydrogens is 256 g/mol. The molecule has 0 radical (unpaired) electrons. The van der Waals surface area contributed by atoms with Crippen LogP contribution in [-0.4, -0.2) is 18.6 Å². The van der Waals surface area contributed by atoms with Crippen LogP contribution in [0.15, 0.2) is 35.5 Å². The third-order valence-corrected chi connectivity index (χ3v) is 3.28. The van der Waals surface area contributed by atoms with E-state index >= 15 is 0 Å². The molecule has 2 aliphatic heterocycles. The van der Waals surface area contributed by atoms with Gasteiger partial charge in [0.2, 0.25) is 0 Å². The molecule has 0 bridgehead atoms. The number of halogens is 1. The Balaban J connectivity index is 2.10. The molecule has 2 heterocycles. The van der Waals surface area contributed by atoms with E-state index in [1.165, 1.54) is 0 Å². The summed E-state index contributed by atoms with van der Waals surface area (Å²) < 4.78 is 4.93. The standard InChI is InChI=1S/C12H9ClN2O3/c13-7-4-2-1-3-6(7)10-9-8(5-18-11(9)16)14-12(17)15-10/h1-4,10H,5H2,(H2,14,15,17)/t10-/m0/s1. The van der Waals surface area contributed by atoms with Crippen molar-refractivity contribution in [3.05, 3.63) is 46.1 Å². The maximum absolute atomic E-state index is 11.7. The molecule has 0 aromatic heterocycles. The molecule has 2 amide bonds. The summed E-state index contributed by atoms with van der Waals surface area (Å²) in [5, 5.41) is 5.75. The number of amides is 2. The quantitative estimate of drug-likeness (QED) is 0.756. The number of nitrogens with one attached hydrogen (secondary N) is 2. The Labute approximate surface area is 108 Å². The van der Waals surface area contributed by atoms with Gasteiger partial charge in [0.05, 0.1) is 17.3 Å². The average Bonchev–Trinajstić information content (AvgIpc) is 2.71. The van der Waals surface area contributed by atoms with Crippen molar-refractivity contribution in [1.29, 1.82) is 0 Å². The van der Waals surface area contributed by atoms with Gasteiger partial charge in [-0.15, -0.1) is 0 Å². The van der Waals surface area contributed by atoms with Crippen LogP contribution in [0.2, 0.25) is 5.02 Å². The first-order valence-corrected chi connectivity index (χ1v) is 5.76. The van der Waals surface area contributed by atoms with E-state index in [1.54, 1.807) is 24.3 Å². The minimum atomic E-state index is -0.558. The molecule has 0 unspecified atom stereocenters. The number of hydrogen-bond acceptors (Lipinski definition) is 3. The SMILES string of the molecule is O=C1NC2=C(C(=O)OC2)[C@H](c2ccccc2Cl)N1. The lowest BCUT2D eigenvalue weighted by atomic mass is 9.96. The minimum absolute atomic E-state index is 0.0997. The van der Waals surface area contributed by atoms with E-state index in [0.717, 1.165) is 0 Å². The molecule has 92 valence electrons. The number of carbonyl (C=O) groups excluding carboxylic acids is 2. The highest BCUT2D eigenvalue weighted by Gasteiger charge is 2.38. The molecule has 1 aromatic carbocycles. The normalized spacial score (nSPS) is 22.2. The fourth-order valence-electron chi connectivity index (χ4n) is 2.13. The van der Waals surface area contributed by atoms with Crippen molar-refractivity contribution < 1.29 is 14.3 Å². The van der Waals surface area contributed by atoms with Gasteiger partial charge in [-0.1, -0.05) is 29.8 Å². The molecule has 0 saturated heterocycles. The van der Waals surface area contributed by atoms with E-state index in [2.05, 4.69) is 10.6 Å². The van der Waals surface area contributed by atoms with Crippen LogP contribution in [0.4, 0.5) is 4.79 Å². The topological polar surface area (TPSA) is 67.4 Å². The highest BCUT2D eigenvalue weighted by atomic mass is 35.5. The van der Waals surface area contributed by atoms with Crippen molar-refractivity contribution in [2.24, 2.45) is 0 Å². The Bertz CT molecular complexity index is 582. The van der Waals surface area contributed by atoms with Crippen molar-refractivity contribution in [3.8, 4) is 0 Å². The molecule has 3 rings (SSSR count). The second kappa shape index (κ2) is 4.03. The summed E-state index contributed by atoms with van der Waals surface area (Å²) in [5.74, 6) is -0.428. The van der Waals surface area contributed by atoms with Crippen LogP contribution < -0.4 is 10.6 Å². The van der Waals surface area contributed by atoms with Gasteiger partial charge in [0.15, 0.2) is 0 Å². The molecule has 0 aliphatic carbocycles. The number of cyclic esters (lactones) is 1. The van der Waals surface area contributed by atoms with E-state index < -0.39 is 12.0 Å². The first-order valence-electron chi connectivity index (χ1n) is 5.39. The van der Waals surface area contributed by atoms with E-state index in [-0.39, 0.29) is 12.6 Å². The number of esters is 1. The monoisotopic (exact) mass is 264 g/mol. The van der Waals surface area contributed by atoms with Crippen LogP contribution >= 0.6 is 11.6 Å². The lowest BCUT2D eigenvalue weighted by Gasteiger charge is -2.25. The van der Waals surface area contributed by atoms with Gasteiger partial charge in [0, 0.05) is 5.02 Å². The van der Waals surface area contributed by atoms with Gasteiger partial charge < -0.3 is 15.4 Å². The van der Waals surface area contributed by atoms with Crippen molar-refractivity contribution in [3.63, 3.8) is 0 Å². The Hall–Kier alpha value is -2.01. The predicted octanol–water partition coefficient (Wildman–Crippen LogP) is 1.50. The summed E-state index contributed by atoms with van der Waals surface area (Å²) >= 11 is 6.10. The van der Waals surface area contributed by atoms with Gasteiger partial charge in [0.25, 0.3) is 0 Å². The Kier molecular flexibility index (Phi) is 2.48. The van der Waals surface area contributed by atoms with Crippen molar-refractivity contribution >= 4 is 23.6 Å². The summed E-state index contributed by atoms with van der Waals surface area (Å²) in [5.41, 5.74) is 1.61. The highest BCUT2D eigenvalue weighted by Crippen LogP contribution is 2.34. The summed E-state index contributed by atoms with van der Waals surface area (Å²) in [7, 11) is 0. The fraction of sp³-hybridized carbons (Fsp3) is 0.167. The lowest BCUT2D eigenvalue weighted by molar-refractivity contribution is -0.136. The minimum Gasteiger partial charge on any atom is -0.456 e. The summed E-state index contributed by atoms with van der Waals surface area (Å²) in [6, 6.07) is 6.15. The zero-order chi connectivity index (χ0) is 12.7. The van der Waals surface area contributed by atoms with Crippen molar-refractivity contribution in [1.82, 2.24) is 10.6 Å². The molecule has 0 saturated carbocycles. The molecule has 1 atom stereocenters. The number of rotatable bonds is 1. The number of benzene rings is 1. The van der Waals surface area contributed by atoms with Gasteiger partial charge in [0.1, 0.15) is 6.61 Å². The van der Waals surface area contributed by atoms with E-state index in [9.17, 15) is 9.59 Å². The molecule has 2 aliphatic rings. The van der Waals surface area contributed by atoms with E-state index in [4.69, 9.17) is 16.3 Å². The molecule has 5 nitrogen and oxygen atoms in total. The van der Waals surface area contributed by atoms with Gasteiger partial charge in [-0.25, -0.2) is 9.59 Å². The first kappa shape index (κ1) is 11.1. The molecular formula is C12H9ClN2O3. The Morgan fingerprint density at radius 3 is 2.83 bits per heavy atom. The largest absolute Gasteiger partial charge is 0.456 e. The van der Waals surface area contributed by atoms with Crippen LogP contribution in [0.1, 0.15) is 11.6 Å². The summed E-state index contributed by atoms with van der Waals surface area (Å²) in [4.78, 5) is 23.2. The number of carbonyl (C=O) groups is 2. The molecule has 0 fully saturated rings. The average molecular weight is 265 g/mol. The number of ether oxygens (including phenoxy) is 1. The summed E-state index contributed by atoms with van der Waals surface area (Å²) in [6.45, 7) is 0.0997. The smallest absolute Gasteiger partial charge is 0.338 e. The van der Waals surface area contributed by atoms with Crippen LogP contribution in [0, 0.1) is 0 Å². The van der Waals surface area contributed by atoms with E-state index in [1.807, 2.05) is 0 Å². The molecule has 2 N–H and O–H groups in total. The summed E-state index contributed by atoms with van der Waals surface area (Å²) in [6.07, 6.45) is 0. The maximum atomic E-state index is 11.7. The van der Waals surface area contributed by atoms with Crippen LogP contribution in [0.3, 0.4) is 0 Å². The Morgan fingerprint density at radius 1 is 1.28 bits per heavy atom. The molecule has 0 spiro atoms. The Morgan fingerprint density at radius 2 is 2.06 bits per heavy atom. The molecule has 1 aromatic rings. The van der Waals surface area contributed by atoms with Gasteiger partial charge in [-0.2, -0.15) is 0 Å². The van der Waals surface area contributed by atoms with Crippen LogP contribution in [0.5, 0.6) is 0 Å². The highest BCUT2D eigenvalue weighted by molar-refractivity contribution is 6.31. The van der Waals surface area contributed by atoms with Crippen molar-refractivity contribution in [2.45, 2.75) is 6.04 Å². The first-order chi connectivity index (χ1) is 8.66. The zero-order valence-electron chi connectivity index (χ0n) is 9.20. The second-order valence-corrected chi connectivity index (χ2v) is 4.43. The second-order valence-electron chi connectivity index (χ2n) is 4.02. The predicted molar refractivity (Wildman–Crippen MR) is 63.8 cm³/mol. The van der Waals surface area contributed by atoms with Crippen LogP contribution in [0.25, 0.3) is 0 Å². The third-order valence-electron chi connectivity index (χ3n) is 2.94. The number of urea groups is 1. The molecule has 18 heavy (non-hydrogen) atoms. The van der Waals surface area contributed by atoms with Crippen molar-refractivity contribution in [2.75, 3.05) is 6.61 Å². The van der Waals surface area contributed by atoms with Gasteiger partial charge in [-0.05, 0) is 11.6 Å². The maximum Gasteiger partial charge on any atom is 0.338 e. The van der Waals surface area contributed by atoms with Gasteiger partial charge >= 0.3 is 12.0 Å². The van der Waals surface area contributed by atoms with E-state index in [0.29, 0.717) is 21.9 Å².